The van der Waals surface area contributed by atoms with Crippen LogP contribution in [0.15, 0.2) is 59.7 Å². The molecule has 0 amide bonds. The van der Waals surface area contributed by atoms with Gasteiger partial charge in [0.1, 0.15) is 11.5 Å². The molecule has 2 aromatic carbocycles. The van der Waals surface area contributed by atoms with Crippen molar-refractivity contribution in [3.05, 3.63) is 76.2 Å². The number of aromatic amines is 1. The van der Waals surface area contributed by atoms with Gasteiger partial charge in [-0.2, -0.15) is 0 Å². The highest BCUT2D eigenvalue weighted by molar-refractivity contribution is 6.04. The lowest BCUT2D eigenvalue weighted by Gasteiger charge is -2.11. The molecule has 2 aromatic heterocycles. The van der Waals surface area contributed by atoms with Gasteiger partial charge in [-0.25, -0.2) is 0 Å². The minimum absolute atomic E-state index is 0.0185. The van der Waals surface area contributed by atoms with Crippen molar-refractivity contribution in [1.29, 1.82) is 0 Å². The van der Waals surface area contributed by atoms with Crippen molar-refractivity contribution in [2.45, 2.75) is 20.3 Å². The average Bonchev–Trinajstić information content (AvgIpc) is 2.61. The van der Waals surface area contributed by atoms with Crippen molar-refractivity contribution in [2.75, 3.05) is 0 Å². The molecular formula is C21H18N2O2. The topological polar surface area (TPSA) is 55.0 Å². The van der Waals surface area contributed by atoms with E-state index in [1.54, 1.807) is 12.4 Å². The summed E-state index contributed by atoms with van der Waals surface area (Å²) in [7, 11) is 0. The van der Waals surface area contributed by atoms with Crippen LogP contribution in [0.4, 0.5) is 0 Å². The number of hydrogen-bond donors (Lipinski definition) is 1. The fourth-order valence-corrected chi connectivity index (χ4v) is 3.14. The Hall–Kier alpha value is -3.14. The standard InChI is InChI=1S/C21H18N2O2/c1-3-14-10-13(2)11-15(12-14)25-19-7-9-23-21-17(19)5-4-16-18(24)6-8-22-20(16)21/h4-12H,3H2,1-2H3,(H,22,24). The normalized spacial score (nSPS) is 11.1. The Bertz CT molecular complexity index is 1150. The highest BCUT2D eigenvalue weighted by Crippen LogP contribution is 2.32. The molecule has 0 aliphatic rings. The Morgan fingerprint density at radius 1 is 1.08 bits per heavy atom. The molecule has 0 saturated heterocycles. The fourth-order valence-electron chi connectivity index (χ4n) is 3.14. The van der Waals surface area contributed by atoms with Crippen LogP contribution in [0.3, 0.4) is 0 Å². The zero-order chi connectivity index (χ0) is 17.4. The van der Waals surface area contributed by atoms with Crippen LogP contribution in [0, 0.1) is 6.92 Å². The summed E-state index contributed by atoms with van der Waals surface area (Å²) in [5.41, 5.74) is 3.85. The summed E-state index contributed by atoms with van der Waals surface area (Å²) in [4.78, 5) is 19.6. The SMILES string of the molecule is CCc1cc(C)cc(Oc2ccnc3c2ccc2c(=O)cc[nH]c23)c1. The highest BCUT2D eigenvalue weighted by atomic mass is 16.5. The lowest BCUT2D eigenvalue weighted by molar-refractivity contribution is 0.487. The van der Waals surface area contributed by atoms with Gasteiger partial charge in [-0.05, 0) is 54.8 Å². The third-order valence-electron chi connectivity index (χ3n) is 4.35. The number of nitrogens with one attached hydrogen (secondary N) is 1. The summed E-state index contributed by atoms with van der Waals surface area (Å²) in [6.07, 6.45) is 4.31. The maximum absolute atomic E-state index is 12.0. The maximum atomic E-state index is 12.0. The molecule has 4 rings (SSSR count). The number of hydrogen-bond acceptors (Lipinski definition) is 3. The molecule has 0 fully saturated rings. The molecule has 4 aromatic rings. The van der Waals surface area contributed by atoms with Crippen LogP contribution in [0.1, 0.15) is 18.1 Å². The van der Waals surface area contributed by atoms with Gasteiger partial charge >= 0.3 is 0 Å². The summed E-state index contributed by atoms with van der Waals surface area (Å²) in [6, 6.07) is 13.3. The molecule has 4 nitrogen and oxygen atoms in total. The number of H-pyrrole nitrogens is 1. The van der Waals surface area contributed by atoms with E-state index >= 15 is 0 Å². The van der Waals surface area contributed by atoms with Gasteiger partial charge in [-0.1, -0.05) is 13.0 Å². The molecule has 1 N–H and O–H groups in total. The first-order valence-corrected chi connectivity index (χ1v) is 8.33. The van der Waals surface area contributed by atoms with E-state index in [0.717, 1.165) is 34.3 Å². The van der Waals surface area contributed by atoms with Crippen LogP contribution in [-0.2, 0) is 6.42 Å². The van der Waals surface area contributed by atoms with E-state index in [9.17, 15) is 4.79 Å². The first-order chi connectivity index (χ1) is 12.2. The Balaban J connectivity index is 1.88. The molecule has 0 aliphatic heterocycles. The zero-order valence-electron chi connectivity index (χ0n) is 14.2. The number of pyridine rings is 2. The van der Waals surface area contributed by atoms with E-state index in [1.807, 2.05) is 24.3 Å². The molecule has 0 radical (unpaired) electrons. The van der Waals surface area contributed by atoms with Gasteiger partial charge in [0.2, 0.25) is 0 Å². The van der Waals surface area contributed by atoms with Crippen LogP contribution in [0.25, 0.3) is 21.8 Å². The molecule has 124 valence electrons. The minimum atomic E-state index is -0.0185. The molecule has 0 bridgehead atoms. The Morgan fingerprint density at radius 2 is 1.92 bits per heavy atom. The largest absolute Gasteiger partial charge is 0.457 e. The van der Waals surface area contributed by atoms with Gasteiger partial charge in [0.15, 0.2) is 5.43 Å². The van der Waals surface area contributed by atoms with Crippen molar-refractivity contribution in [1.82, 2.24) is 9.97 Å². The number of nitrogens with zero attached hydrogens (tertiary/aromatic N) is 1. The second kappa shape index (κ2) is 6.06. The van der Waals surface area contributed by atoms with Crippen molar-refractivity contribution >= 4 is 21.8 Å². The number of fused-ring (bicyclic) bond motifs is 3. The molecule has 25 heavy (non-hydrogen) atoms. The lowest BCUT2D eigenvalue weighted by Crippen LogP contribution is -2.01. The van der Waals surface area contributed by atoms with E-state index in [4.69, 9.17) is 4.74 Å². The molecule has 0 saturated carbocycles. The van der Waals surface area contributed by atoms with Crippen LogP contribution in [0.5, 0.6) is 11.5 Å². The van der Waals surface area contributed by atoms with Crippen molar-refractivity contribution < 1.29 is 4.74 Å². The quantitative estimate of drug-likeness (QED) is 0.552. The summed E-state index contributed by atoms with van der Waals surface area (Å²) in [5.74, 6) is 1.54. The molecule has 2 heterocycles. The first-order valence-electron chi connectivity index (χ1n) is 8.33. The van der Waals surface area contributed by atoms with Crippen molar-refractivity contribution in [3.8, 4) is 11.5 Å². The second-order valence-electron chi connectivity index (χ2n) is 6.15. The summed E-state index contributed by atoms with van der Waals surface area (Å²) < 4.78 is 6.16. The highest BCUT2D eigenvalue weighted by Gasteiger charge is 2.10. The summed E-state index contributed by atoms with van der Waals surface area (Å²) in [5, 5.41) is 1.50. The number of ether oxygens (including phenoxy) is 1. The Labute approximate surface area is 145 Å². The number of rotatable bonds is 3. The maximum Gasteiger partial charge on any atom is 0.189 e. The number of aromatic nitrogens is 2. The fraction of sp³-hybridized carbons (Fsp3) is 0.143. The molecule has 0 unspecified atom stereocenters. The summed E-state index contributed by atoms with van der Waals surface area (Å²) >= 11 is 0. The monoisotopic (exact) mass is 330 g/mol. The second-order valence-corrected chi connectivity index (χ2v) is 6.15. The third-order valence-corrected chi connectivity index (χ3v) is 4.35. The van der Waals surface area contributed by atoms with E-state index in [0.29, 0.717) is 5.39 Å². The number of benzene rings is 2. The Kier molecular flexibility index (Phi) is 3.73. The van der Waals surface area contributed by atoms with Crippen molar-refractivity contribution in [2.24, 2.45) is 0 Å². The summed E-state index contributed by atoms with van der Waals surface area (Å²) in [6.45, 7) is 4.19. The molecule has 0 spiro atoms. The van der Waals surface area contributed by atoms with Gasteiger partial charge in [-0.3, -0.25) is 9.78 Å². The van der Waals surface area contributed by atoms with Gasteiger partial charge in [0.25, 0.3) is 0 Å². The molecule has 4 heteroatoms. The van der Waals surface area contributed by atoms with Crippen LogP contribution in [0.2, 0.25) is 0 Å². The van der Waals surface area contributed by atoms with E-state index in [1.165, 1.54) is 17.2 Å². The van der Waals surface area contributed by atoms with Gasteiger partial charge in [0, 0.05) is 29.2 Å². The molecular weight excluding hydrogens is 312 g/mol. The van der Waals surface area contributed by atoms with E-state index in [2.05, 4.69) is 35.9 Å². The van der Waals surface area contributed by atoms with Crippen LogP contribution >= 0.6 is 0 Å². The molecule has 0 atom stereocenters. The number of aryl methyl sites for hydroxylation is 2. The Morgan fingerprint density at radius 3 is 2.76 bits per heavy atom. The van der Waals surface area contributed by atoms with Gasteiger partial charge < -0.3 is 9.72 Å². The van der Waals surface area contributed by atoms with Crippen molar-refractivity contribution in [3.63, 3.8) is 0 Å². The zero-order valence-corrected chi connectivity index (χ0v) is 14.2. The lowest BCUT2D eigenvalue weighted by atomic mass is 10.1. The molecule has 0 aliphatic carbocycles. The van der Waals surface area contributed by atoms with E-state index in [-0.39, 0.29) is 5.43 Å². The van der Waals surface area contributed by atoms with Gasteiger partial charge in [-0.15, -0.1) is 0 Å². The smallest absolute Gasteiger partial charge is 0.189 e. The predicted molar refractivity (Wildman–Crippen MR) is 101 cm³/mol. The van der Waals surface area contributed by atoms with Crippen LogP contribution < -0.4 is 10.2 Å². The minimum Gasteiger partial charge on any atom is -0.457 e. The first kappa shape index (κ1) is 15.4. The van der Waals surface area contributed by atoms with E-state index < -0.39 is 0 Å². The average molecular weight is 330 g/mol. The predicted octanol–water partition coefficient (Wildman–Crippen LogP) is 4.74. The third kappa shape index (κ3) is 2.76. The van der Waals surface area contributed by atoms with Gasteiger partial charge in [0.05, 0.1) is 11.0 Å². The van der Waals surface area contributed by atoms with Crippen LogP contribution in [-0.4, -0.2) is 9.97 Å².